The van der Waals surface area contributed by atoms with Gasteiger partial charge in [-0.05, 0) is 43.6 Å². The number of carbonyl (C=O) groups is 2. The Kier molecular flexibility index (Phi) is 6.79. The molecule has 1 unspecified atom stereocenters. The van der Waals surface area contributed by atoms with Crippen LogP contribution in [0, 0.1) is 0 Å². The first kappa shape index (κ1) is 21.8. The number of likely N-dealkylation sites (tertiary alicyclic amines) is 1. The zero-order chi connectivity index (χ0) is 21.1. The van der Waals surface area contributed by atoms with E-state index in [0.717, 1.165) is 56.5 Å². The molecule has 0 spiro atoms. The quantitative estimate of drug-likeness (QED) is 0.711. The predicted octanol–water partition coefficient (Wildman–Crippen LogP) is 1.90. The number of hydrogen-bond acceptors (Lipinski definition) is 6. The molecule has 7 nitrogen and oxygen atoms in total. The Balaban J connectivity index is 1.30. The lowest BCUT2D eigenvalue weighted by atomic mass is 10.0. The zero-order valence-electron chi connectivity index (χ0n) is 17.3. The van der Waals surface area contributed by atoms with Gasteiger partial charge in [0.25, 0.3) is 5.91 Å². The number of hydrogen-bond donors (Lipinski definition) is 1. The highest BCUT2D eigenvalue weighted by Gasteiger charge is 2.39. The van der Waals surface area contributed by atoms with E-state index in [1.54, 1.807) is 0 Å². The van der Waals surface area contributed by atoms with Crippen molar-refractivity contribution in [3.63, 3.8) is 0 Å². The molecule has 1 aromatic heterocycles. The molecule has 30 heavy (non-hydrogen) atoms. The largest absolute Gasteiger partial charge is 0.349 e. The maximum atomic E-state index is 13.2. The van der Waals surface area contributed by atoms with E-state index >= 15 is 0 Å². The van der Waals surface area contributed by atoms with E-state index in [-0.39, 0.29) is 41.4 Å². The molecule has 3 aliphatic rings. The molecule has 3 heterocycles. The van der Waals surface area contributed by atoms with Crippen molar-refractivity contribution >= 4 is 33.0 Å². The van der Waals surface area contributed by atoms with Crippen molar-refractivity contribution in [2.75, 3.05) is 31.1 Å². The Hall–Kier alpha value is -1.45. The molecule has 0 bridgehead atoms. The fraction of sp³-hybridized carbons (Fsp3) is 0.714. The highest BCUT2D eigenvalue weighted by molar-refractivity contribution is 7.91. The van der Waals surface area contributed by atoms with E-state index in [4.69, 9.17) is 0 Å². The second-order valence-electron chi connectivity index (χ2n) is 8.80. The highest BCUT2D eigenvalue weighted by Crippen LogP contribution is 2.29. The summed E-state index contributed by atoms with van der Waals surface area (Å²) in [6, 6.07) is 3.87. The van der Waals surface area contributed by atoms with Gasteiger partial charge in [-0.15, -0.1) is 11.3 Å². The first-order valence-electron chi connectivity index (χ1n) is 11.0. The summed E-state index contributed by atoms with van der Waals surface area (Å²) in [4.78, 5) is 30.3. The average molecular weight is 454 g/mol. The molecule has 0 aromatic carbocycles. The number of sulfone groups is 1. The molecule has 0 radical (unpaired) electrons. The third-order valence-corrected chi connectivity index (χ3v) is 9.25. The maximum Gasteiger partial charge on any atom is 0.261 e. The second kappa shape index (κ2) is 9.36. The number of nitrogens with one attached hydrogen (secondary N) is 1. The Labute approximate surface area is 182 Å². The van der Waals surface area contributed by atoms with Crippen LogP contribution in [0.25, 0.3) is 0 Å². The highest BCUT2D eigenvalue weighted by atomic mass is 32.2. The lowest BCUT2D eigenvalue weighted by Crippen LogP contribution is -2.52. The van der Waals surface area contributed by atoms with Gasteiger partial charge in [-0.2, -0.15) is 0 Å². The van der Waals surface area contributed by atoms with Crippen molar-refractivity contribution in [3.05, 3.63) is 22.4 Å². The summed E-state index contributed by atoms with van der Waals surface area (Å²) in [7, 11) is -3.02. The third kappa shape index (κ3) is 5.23. The predicted molar refractivity (Wildman–Crippen MR) is 117 cm³/mol. The van der Waals surface area contributed by atoms with Crippen molar-refractivity contribution in [1.82, 2.24) is 15.1 Å². The number of nitrogens with zero attached hydrogens (tertiary/aromatic N) is 2. The summed E-state index contributed by atoms with van der Waals surface area (Å²) in [5, 5.41) is 5.00. The maximum absolute atomic E-state index is 13.2. The minimum Gasteiger partial charge on any atom is -0.349 e. The second-order valence-corrected chi connectivity index (χ2v) is 12.0. The van der Waals surface area contributed by atoms with E-state index < -0.39 is 9.84 Å². The van der Waals surface area contributed by atoms with Gasteiger partial charge in [-0.25, -0.2) is 8.42 Å². The van der Waals surface area contributed by atoms with Gasteiger partial charge in [-0.3, -0.25) is 14.5 Å². The lowest BCUT2D eigenvalue weighted by Gasteiger charge is -2.37. The molecule has 1 aromatic rings. The van der Waals surface area contributed by atoms with Crippen molar-refractivity contribution in [2.24, 2.45) is 0 Å². The minimum absolute atomic E-state index is 0.0191. The molecule has 1 N–H and O–H groups in total. The van der Waals surface area contributed by atoms with E-state index in [1.165, 1.54) is 11.3 Å². The van der Waals surface area contributed by atoms with Crippen LogP contribution in [0.2, 0.25) is 0 Å². The molecule has 3 fully saturated rings. The standard InChI is InChI=1S/C21H31N3O4S2/c25-20(24(17-4-1-2-5-17)18-9-13-30(27,28)15-18)14-23-10-7-16(8-11-23)22-21(26)19-6-3-12-29-19/h3,6,12,16-18H,1-2,4-5,7-11,13-15H2,(H,22,26). The molecular weight excluding hydrogens is 422 g/mol. The van der Waals surface area contributed by atoms with Crippen molar-refractivity contribution in [1.29, 1.82) is 0 Å². The molecule has 1 atom stereocenters. The molecule has 1 saturated carbocycles. The van der Waals surface area contributed by atoms with Gasteiger partial charge in [0.2, 0.25) is 5.91 Å². The molecule has 4 rings (SSSR count). The fourth-order valence-electron chi connectivity index (χ4n) is 5.06. The van der Waals surface area contributed by atoms with Crippen LogP contribution < -0.4 is 5.32 Å². The van der Waals surface area contributed by atoms with Crippen LogP contribution in [0.15, 0.2) is 17.5 Å². The lowest BCUT2D eigenvalue weighted by molar-refractivity contribution is -0.137. The molecular formula is C21H31N3O4S2. The number of thiophene rings is 1. The van der Waals surface area contributed by atoms with Gasteiger partial charge in [0, 0.05) is 31.2 Å². The molecule has 9 heteroatoms. The monoisotopic (exact) mass is 453 g/mol. The summed E-state index contributed by atoms with van der Waals surface area (Å²) >= 11 is 1.44. The van der Waals surface area contributed by atoms with Crippen LogP contribution in [0.1, 0.15) is 54.6 Å². The molecule has 1 aliphatic carbocycles. The van der Waals surface area contributed by atoms with E-state index in [9.17, 15) is 18.0 Å². The zero-order valence-corrected chi connectivity index (χ0v) is 18.9. The molecule has 2 amide bonds. The van der Waals surface area contributed by atoms with Crippen LogP contribution in [0.4, 0.5) is 0 Å². The van der Waals surface area contributed by atoms with Crippen LogP contribution in [0.5, 0.6) is 0 Å². The van der Waals surface area contributed by atoms with Crippen LogP contribution >= 0.6 is 11.3 Å². The van der Waals surface area contributed by atoms with Gasteiger partial charge in [0.1, 0.15) is 0 Å². The van der Waals surface area contributed by atoms with Gasteiger partial charge in [0.05, 0.1) is 22.9 Å². The average Bonchev–Trinajstić information content (AvgIpc) is 3.46. The van der Waals surface area contributed by atoms with E-state index in [0.29, 0.717) is 13.0 Å². The van der Waals surface area contributed by atoms with Crippen LogP contribution in [0.3, 0.4) is 0 Å². The van der Waals surface area contributed by atoms with Crippen LogP contribution in [-0.2, 0) is 14.6 Å². The summed E-state index contributed by atoms with van der Waals surface area (Å²) in [5.74, 6) is 0.370. The van der Waals surface area contributed by atoms with Gasteiger partial charge < -0.3 is 10.2 Å². The molecule has 2 saturated heterocycles. The third-order valence-electron chi connectivity index (χ3n) is 6.63. The number of carbonyl (C=O) groups excluding carboxylic acids is 2. The van der Waals surface area contributed by atoms with Crippen molar-refractivity contribution in [2.45, 2.75) is 63.1 Å². The van der Waals surface area contributed by atoms with Gasteiger partial charge in [0.15, 0.2) is 9.84 Å². The fourth-order valence-corrected chi connectivity index (χ4v) is 7.39. The Morgan fingerprint density at radius 2 is 1.83 bits per heavy atom. The first-order chi connectivity index (χ1) is 14.4. The Bertz CT molecular complexity index is 842. The number of piperidine rings is 1. The molecule has 166 valence electrons. The summed E-state index contributed by atoms with van der Waals surface area (Å²) in [5.41, 5.74) is 0. The van der Waals surface area contributed by atoms with Crippen molar-refractivity contribution in [3.8, 4) is 0 Å². The Morgan fingerprint density at radius 3 is 2.43 bits per heavy atom. The SMILES string of the molecule is O=C(NC1CCN(CC(=O)N(C2CCCC2)C2CCS(=O)(=O)C2)CC1)c1cccs1. The van der Waals surface area contributed by atoms with E-state index in [1.807, 2.05) is 22.4 Å². The summed E-state index contributed by atoms with van der Waals surface area (Å²) in [6.45, 7) is 1.88. The van der Waals surface area contributed by atoms with Gasteiger partial charge >= 0.3 is 0 Å². The smallest absolute Gasteiger partial charge is 0.261 e. The van der Waals surface area contributed by atoms with Crippen LogP contribution in [-0.4, -0.2) is 79.3 Å². The van der Waals surface area contributed by atoms with Gasteiger partial charge in [-0.1, -0.05) is 18.9 Å². The Morgan fingerprint density at radius 1 is 1.10 bits per heavy atom. The first-order valence-corrected chi connectivity index (χ1v) is 13.7. The topological polar surface area (TPSA) is 86.8 Å². The minimum atomic E-state index is -3.02. The van der Waals surface area contributed by atoms with E-state index in [2.05, 4.69) is 10.2 Å². The van der Waals surface area contributed by atoms with Crippen molar-refractivity contribution < 1.29 is 18.0 Å². The summed E-state index contributed by atoms with van der Waals surface area (Å²) < 4.78 is 24.0. The summed E-state index contributed by atoms with van der Waals surface area (Å²) in [6.07, 6.45) is 6.42. The molecule has 2 aliphatic heterocycles. The normalized spacial score (nSPS) is 25.4. The number of rotatable bonds is 6. The number of amides is 2.